The van der Waals surface area contributed by atoms with Crippen molar-refractivity contribution >= 4 is 45.7 Å². The number of rotatable bonds is 1. The highest BCUT2D eigenvalue weighted by atomic mass is 127. The molecule has 9 heavy (non-hydrogen) atoms. The molecule has 0 N–H and O–H groups in total. The van der Waals surface area contributed by atoms with Crippen LogP contribution >= 0.6 is 45.7 Å². The number of halogens is 1. The zero-order valence-electron chi connectivity index (χ0n) is 4.17. The molecule has 0 aromatic carbocycles. The van der Waals surface area contributed by atoms with Gasteiger partial charge in [-0.15, -0.1) is 11.3 Å². The molecule has 0 aliphatic heterocycles. The monoisotopic (exact) mass is 268 g/mol. The number of hydrogen-bond donors (Lipinski definition) is 0. The molecule has 0 aliphatic carbocycles. The van der Waals surface area contributed by atoms with Crippen LogP contribution in [0.5, 0.6) is 0 Å². The molecule has 0 amide bonds. The first-order valence-electron chi connectivity index (χ1n) is 2.00. The van der Waals surface area contributed by atoms with E-state index in [0.29, 0.717) is 0 Å². The number of aromatic nitrogens is 1. The molecule has 0 saturated carbocycles. The van der Waals surface area contributed by atoms with Crippen molar-refractivity contribution in [2.24, 2.45) is 0 Å². The fraction of sp³-hybridized carbons (Fsp3) is 0. The van der Waals surface area contributed by atoms with E-state index in [1.807, 2.05) is 5.40 Å². The van der Waals surface area contributed by atoms with E-state index >= 15 is 0 Å². The van der Waals surface area contributed by atoms with Crippen LogP contribution < -0.4 is 0 Å². The first-order valence-corrected chi connectivity index (χ1v) is 4.71. The molecule has 1 aromatic heterocycles. The van der Waals surface area contributed by atoms with Gasteiger partial charge in [0.05, 0.1) is 10.4 Å². The van der Waals surface area contributed by atoms with Gasteiger partial charge < -0.3 is 0 Å². The predicted molar refractivity (Wildman–Crippen MR) is 46.3 cm³/mol. The third kappa shape index (κ3) is 2.12. The molecule has 46 valence electrons. The summed E-state index contributed by atoms with van der Waals surface area (Å²) < 4.78 is 1.94. The van der Waals surface area contributed by atoms with E-state index in [2.05, 4.69) is 27.6 Å². The minimum absolute atomic E-state index is 0.960. The lowest BCUT2D eigenvalue weighted by Crippen LogP contribution is -1.55. The van der Waals surface area contributed by atoms with Gasteiger partial charge in [0.1, 0.15) is 5.40 Å². The molecule has 5 heteroatoms. The Labute approximate surface area is 74.4 Å². The largest absolute Gasteiger partial charge is 0.237 e. The van der Waals surface area contributed by atoms with Crippen molar-refractivity contribution < 1.29 is 0 Å². The van der Waals surface area contributed by atoms with Crippen molar-refractivity contribution in [3.05, 3.63) is 9.21 Å². The molecule has 0 aliphatic rings. The quantitative estimate of drug-likeness (QED) is 0.445. The molecule has 0 radical (unpaired) electrons. The lowest BCUT2D eigenvalue weighted by Gasteiger charge is -1.74. The fourth-order valence-electron chi connectivity index (χ4n) is 0.331. The van der Waals surface area contributed by atoms with Gasteiger partial charge in [0.15, 0.2) is 3.01 Å². The van der Waals surface area contributed by atoms with Crippen LogP contribution in [0.1, 0.15) is 0 Å². The Morgan fingerprint density at radius 3 is 3.11 bits per heavy atom. The molecule has 0 spiro atoms. The number of nitrogens with zero attached hydrogens (tertiary/aromatic N) is 2. The van der Waals surface area contributed by atoms with Gasteiger partial charge in [-0.3, -0.25) is 0 Å². The molecule has 1 rings (SSSR count). The van der Waals surface area contributed by atoms with E-state index in [9.17, 15) is 0 Å². The second-order valence-corrected chi connectivity index (χ2v) is 4.99. The van der Waals surface area contributed by atoms with Gasteiger partial charge in [-0.1, -0.05) is 0 Å². The summed E-state index contributed by atoms with van der Waals surface area (Å²) in [5.74, 6) is 0. The molecule has 1 heterocycles. The summed E-state index contributed by atoms with van der Waals surface area (Å²) in [5.41, 5.74) is 0. The minimum Gasteiger partial charge on any atom is -0.237 e. The standard InChI is InChI=1S/C4HIN2S2/c5-4-7-1-3(9-4)8-2-6/h1H. The topological polar surface area (TPSA) is 36.7 Å². The first-order chi connectivity index (χ1) is 4.33. The van der Waals surface area contributed by atoms with Gasteiger partial charge in [-0.25, -0.2) is 4.98 Å². The second kappa shape index (κ2) is 3.39. The SMILES string of the molecule is N#CSc1cnc(I)s1. The Balaban J connectivity index is 2.76. The average molecular weight is 268 g/mol. The van der Waals surface area contributed by atoms with Crippen molar-refractivity contribution in [3.8, 4) is 5.40 Å². The predicted octanol–water partition coefficient (Wildman–Crippen LogP) is 2.32. The zero-order chi connectivity index (χ0) is 6.69. The Kier molecular flexibility index (Phi) is 2.75. The van der Waals surface area contributed by atoms with E-state index in [0.717, 1.165) is 19.0 Å². The lowest BCUT2D eigenvalue weighted by atomic mass is 11.0. The summed E-state index contributed by atoms with van der Waals surface area (Å²) >= 11 is 4.81. The van der Waals surface area contributed by atoms with Crippen LogP contribution in [0.4, 0.5) is 0 Å². The van der Waals surface area contributed by atoms with Gasteiger partial charge in [0.2, 0.25) is 0 Å². The number of hydrogen-bond acceptors (Lipinski definition) is 4. The molecule has 0 bridgehead atoms. The summed E-state index contributed by atoms with van der Waals surface area (Å²) in [6.07, 6.45) is 1.71. The van der Waals surface area contributed by atoms with Crippen LogP contribution in [-0.2, 0) is 0 Å². The van der Waals surface area contributed by atoms with Crippen molar-refractivity contribution in [2.75, 3.05) is 0 Å². The zero-order valence-corrected chi connectivity index (χ0v) is 7.96. The maximum atomic E-state index is 8.22. The van der Waals surface area contributed by atoms with E-state index in [1.165, 1.54) is 11.3 Å². The van der Waals surface area contributed by atoms with E-state index < -0.39 is 0 Å². The van der Waals surface area contributed by atoms with Gasteiger partial charge >= 0.3 is 0 Å². The van der Waals surface area contributed by atoms with Crippen LogP contribution in [0, 0.1) is 13.7 Å². The molecule has 0 unspecified atom stereocenters. The molecule has 1 aromatic rings. The van der Waals surface area contributed by atoms with Crippen molar-refractivity contribution in [2.45, 2.75) is 4.21 Å². The number of thiazole rings is 1. The number of thiocyanates is 1. The summed E-state index contributed by atoms with van der Waals surface area (Å²) in [7, 11) is 0. The normalized spacial score (nSPS) is 8.89. The molecular formula is C4HIN2S2. The van der Waals surface area contributed by atoms with E-state index in [1.54, 1.807) is 6.20 Å². The maximum absolute atomic E-state index is 8.22. The molecule has 2 nitrogen and oxygen atoms in total. The van der Waals surface area contributed by atoms with Crippen LogP contribution in [0.3, 0.4) is 0 Å². The van der Waals surface area contributed by atoms with Crippen molar-refractivity contribution in [1.29, 1.82) is 5.26 Å². The van der Waals surface area contributed by atoms with E-state index in [4.69, 9.17) is 5.26 Å². The highest BCUT2D eigenvalue weighted by Gasteiger charge is 1.96. The second-order valence-electron chi connectivity index (χ2n) is 1.13. The average Bonchev–Trinajstić information content (AvgIpc) is 2.17. The van der Waals surface area contributed by atoms with Crippen molar-refractivity contribution in [3.63, 3.8) is 0 Å². The summed E-state index contributed by atoms with van der Waals surface area (Å²) in [6.45, 7) is 0. The Morgan fingerprint density at radius 1 is 1.89 bits per heavy atom. The van der Waals surface area contributed by atoms with Crippen LogP contribution in [0.2, 0.25) is 0 Å². The lowest BCUT2D eigenvalue weighted by molar-refractivity contribution is 1.34. The van der Waals surface area contributed by atoms with E-state index in [-0.39, 0.29) is 0 Å². The number of thioether (sulfide) groups is 1. The van der Waals surface area contributed by atoms with Gasteiger partial charge in [-0.05, 0) is 22.6 Å². The fourth-order valence-corrected chi connectivity index (χ4v) is 2.72. The molecular weight excluding hydrogens is 267 g/mol. The Hall–Kier alpha value is 0.200. The van der Waals surface area contributed by atoms with Crippen LogP contribution in [-0.4, -0.2) is 4.98 Å². The third-order valence-electron chi connectivity index (χ3n) is 0.603. The Bertz CT molecular complexity index is 239. The maximum Gasteiger partial charge on any atom is 0.154 e. The molecule has 0 atom stereocenters. The molecule has 0 saturated heterocycles. The summed E-state index contributed by atoms with van der Waals surface area (Å²) in [4.78, 5) is 3.97. The number of nitriles is 1. The highest BCUT2D eigenvalue weighted by molar-refractivity contribution is 14.1. The van der Waals surface area contributed by atoms with Crippen molar-refractivity contribution in [1.82, 2.24) is 4.98 Å². The smallest absolute Gasteiger partial charge is 0.154 e. The Morgan fingerprint density at radius 2 is 2.67 bits per heavy atom. The van der Waals surface area contributed by atoms with Gasteiger partial charge in [0.25, 0.3) is 0 Å². The van der Waals surface area contributed by atoms with Crippen LogP contribution in [0.25, 0.3) is 0 Å². The van der Waals surface area contributed by atoms with Gasteiger partial charge in [-0.2, -0.15) is 5.26 Å². The minimum atomic E-state index is 0.960. The highest BCUT2D eigenvalue weighted by Crippen LogP contribution is 2.24. The van der Waals surface area contributed by atoms with Crippen LogP contribution in [0.15, 0.2) is 10.4 Å². The third-order valence-corrected chi connectivity index (χ3v) is 3.02. The first kappa shape index (κ1) is 7.31. The van der Waals surface area contributed by atoms with Gasteiger partial charge in [0, 0.05) is 11.8 Å². The summed E-state index contributed by atoms with van der Waals surface area (Å²) in [5, 5.41) is 10.2. The summed E-state index contributed by atoms with van der Waals surface area (Å²) in [6, 6.07) is 0. The molecule has 0 fully saturated rings.